The Kier molecular flexibility index (Phi) is 6.20. The highest BCUT2D eigenvalue weighted by Crippen LogP contribution is 2.14. The van der Waals surface area contributed by atoms with Gasteiger partial charge in [-0.15, -0.1) is 0 Å². The van der Waals surface area contributed by atoms with E-state index in [1.807, 2.05) is 44.6 Å². The normalized spacial score (nSPS) is 10.8. The van der Waals surface area contributed by atoms with Crippen LogP contribution in [0.1, 0.15) is 33.8 Å². The van der Waals surface area contributed by atoms with Gasteiger partial charge in [-0.25, -0.2) is 14.6 Å². The van der Waals surface area contributed by atoms with Gasteiger partial charge in [0.25, 0.3) is 5.56 Å². The van der Waals surface area contributed by atoms with E-state index in [9.17, 15) is 9.59 Å². The highest BCUT2D eigenvalue weighted by atomic mass is 16.2. The largest absolute Gasteiger partial charge is 0.384 e. The van der Waals surface area contributed by atoms with Gasteiger partial charge in [-0.3, -0.25) is 9.59 Å². The van der Waals surface area contributed by atoms with Crippen LogP contribution in [-0.2, 0) is 31.4 Å². The summed E-state index contributed by atoms with van der Waals surface area (Å²) in [6, 6.07) is 3.59. The second kappa shape index (κ2) is 8.81. The minimum Gasteiger partial charge on any atom is -0.384 e. The number of aromatic nitrogens is 4. The molecule has 3 heterocycles. The molecule has 0 saturated carbocycles. The maximum absolute atomic E-state index is 12.9. The molecule has 0 radical (unpaired) electrons. The van der Waals surface area contributed by atoms with E-state index in [0.29, 0.717) is 24.5 Å². The van der Waals surface area contributed by atoms with E-state index in [2.05, 4.69) is 20.7 Å². The zero-order valence-corrected chi connectivity index (χ0v) is 17.7. The highest BCUT2D eigenvalue weighted by molar-refractivity contribution is 5.78. The Labute approximate surface area is 174 Å². The van der Waals surface area contributed by atoms with Gasteiger partial charge in [0, 0.05) is 43.4 Å². The van der Waals surface area contributed by atoms with Crippen molar-refractivity contribution in [1.29, 1.82) is 0 Å². The number of nitrogen functional groups attached to an aromatic ring is 1. The third-order valence-corrected chi connectivity index (χ3v) is 5.13. The first-order valence-electron chi connectivity index (χ1n) is 9.66. The number of carbonyl (C=O) groups is 1. The molecule has 3 aromatic heterocycles. The van der Waals surface area contributed by atoms with E-state index in [0.717, 1.165) is 28.2 Å². The molecule has 1 amide bonds. The van der Waals surface area contributed by atoms with E-state index in [4.69, 9.17) is 5.73 Å². The number of rotatable bonds is 7. The molecule has 9 nitrogen and oxygen atoms in total. The fourth-order valence-electron chi connectivity index (χ4n) is 3.30. The monoisotopic (exact) mass is 409 g/mol. The first kappa shape index (κ1) is 21.1. The minimum atomic E-state index is -0.249. The maximum atomic E-state index is 12.9. The van der Waals surface area contributed by atoms with Crippen molar-refractivity contribution in [3.63, 3.8) is 0 Å². The highest BCUT2D eigenvalue weighted by Gasteiger charge is 2.14. The lowest BCUT2D eigenvalue weighted by molar-refractivity contribution is -0.120. The van der Waals surface area contributed by atoms with Crippen molar-refractivity contribution in [2.45, 2.75) is 40.3 Å². The molecule has 0 atom stereocenters. The van der Waals surface area contributed by atoms with Gasteiger partial charge in [0.05, 0.1) is 13.0 Å². The predicted octanol–water partition coefficient (Wildman–Crippen LogP) is 1.09. The number of imidazole rings is 1. The number of hydrogen-bond donors (Lipinski definition) is 3. The summed E-state index contributed by atoms with van der Waals surface area (Å²) in [7, 11) is 1.89. The SMILES string of the molecule is Cc1cc(N)nc(C)c1CNC(=O)Cc1c(C)ccn(NCc2nccn2C)c1=O. The summed E-state index contributed by atoms with van der Waals surface area (Å²) in [6.07, 6.45) is 5.19. The van der Waals surface area contributed by atoms with Crippen molar-refractivity contribution < 1.29 is 4.79 Å². The minimum absolute atomic E-state index is 0.00388. The molecule has 0 saturated heterocycles. The fourth-order valence-corrected chi connectivity index (χ4v) is 3.30. The Morgan fingerprint density at radius 3 is 2.57 bits per heavy atom. The van der Waals surface area contributed by atoms with Crippen LogP contribution in [0.25, 0.3) is 0 Å². The molecular formula is C21H27N7O2. The molecule has 0 spiro atoms. The average Bonchev–Trinajstić information content (AvgIpc) is 3.08. The van der Waals surface area contributed by atoms with Crippen LogP contribution in [0, 0.1) is 20.8 Å². The zero-order chi connectivity index (χ0) is 21.8. The van der Waals surface area contributed by atoms with Crippen LogP contribution in [-0.4, -0.2) is 25.1 Å². The molecule has 4 N–H and O–H groups in total. The van der Waals surface area contributed by atoms with Gasteiger partial charge in [-0.05, 0) is 49.6 Å². The van der Waals surface area contributed by atoms with Crippen molar-refractivity contribution in [1.82, 2.24) is 24.5 Å². The van der Waals surface area contributed by atoms with Gasteiger partial charge in [0.15, 0.2) is 0 Å². The molecule has 3 rings (SSSR count). The van der Waals surface area contributed by atoms with Crippen LogP contribution in [0.4, 0.5) is 5.82 Å². The van der Waals surface area contributed by atoms with E-state index in [1.165, 1.54) is 4.68 Å². The summed E-state index contributed by atoms with van der Waals surface area (Å²) in [5.74, 6) is 1.02. The number of anilines is 1. The number of pyridine rings is 2. The Bertz CT molecular complexity index is 1110. The fraction of sp³-hybridized carbons (Fsp3) is 0.333. The molecule has 0 aromatic carbocycles. The van der Waals surface area contributed by atoms with Crippen molar-refractivity contribution in [2.24, 2.45) is 7.05 Å². The molecular weight excluding hydrogens is 382 g/mol. The Morgan fingerprint density at radius 2 is 1.90 bits per heavy atom. The van der Waals surface area contributed by atoms with Crippen LogP contribution in [0.5, 0.6) is 0 Å². The number of aryl methyl sites for hydroxylation is 4. The third-order valence-electron chi connectivity index (χ3n) is 5.13. The number of hydrogen-bond acceptors (Lipinski definition) is 6. The molecule has 0 unspecified atom stereocenters. The smallest absolute Gasteiger partial charge is 0.272 e. The predicted molar refractivity (Wildman–Crippen MR) is 115 cm³/mol. The summed E-state index contributed by atoms with van der Waals surface area (Å²) >= 11 is 0. The maximum Gasteiger partial charge on any atom is 0.272 e. The second-order valence-corrected chi connectivity index (χ2v) is 7.32. The topological polar surface area (TPSA) is 120 Å². The van der Waals surface area contributed by atoms with Crippen molar-refractivity contribution in [3.05, 3.63) is 74.8 Å². The van der Waals surface area contributed by atoms with Gasteiger partial charge in [-0.1, -0.05) is 0 Å². The lowest BCUT2D eigenvalue weighted by Gasteiger charge is -2.14. The summed E-state index contributed by atoms with van der Waals surface area (Å²) in [6.45, 7) is 6.34. The Morgan fingerprint density at radius 1 is 1.13 bits per heavy atom. The third kappa shape index (κ3) is 4.68. The van der Waals surface area contributed by atoms with Gasteiger partial charge < -0.3 is 21.0 Å². The molecule has 9 heteroatoms. The molecule has 0 bridgehead atoms. The summed E-state index contributed by atoms with van der Waals surface area (Å²) in [4.78, 5) is 33.9. The van der Waals surface area contributed by atoms with Crippen LogP contribution < -0.4 is 22.0 Å². The summed E-state index contributed by atoms with van der Waals surface area (Å²) in [5, 5.41) is 2.88. The van der Waals surface area contributed by atoms with E-state index >= 15 is 0 Å². The first-order valence-corrected chi connectivity index (χ1v) is 9.66. The van der Waals surface area contributed by atoms with Gasteiger partial charge >= 0.3 is 0 Å². The number of carbonyl (C=O) groups excluding carboxylic acids is 1. The molecule has 0 fully saturated rings. The lowest BCUT2D eigenvalue weighted by Crippen LogP contribution is -2.34. The zero-order valence-electron chi connectivity index (χ0n) is 17.7. The Balaban J connectivity index is 1.69. The number of nitrogens with one attached hydrogen (secondary N) is 2. The Hall–Kier alpha value is -3.62. The summed E-state index contributed by atoms with van der Waals surface area (Å²) in [5.41, 5.74) is 12.4. The molecule has 30 heavy (non-hydrogen) atoms. The molecule has 0 aliphatic heterocycles. The van der Waals surface area contributed by atoms with Crippen molar-refractivity contribution >= 4 is 11.7 Å². The van der Waals surface area contributed by atoms with Crippen molar-refractivity contribution in [3.8, 4) is 0 Å². The number of nitrogens with zero attached hydrogens (tertiary/aromatic N) is 4. The second-order valence-electron chi connectivity index (χ2n) is 7.32. The van der Waals surface area contributed by atoms with E-state index < -0.39 is 0 Å². The van der Waals surface area contributed by atoms with Crippen LogP contribution >= 0.6 is 0 Å². The lowest BCUT2D eigenvalue weighted by atomic mass is 10.1. The number of amides is 1. The van der Waals surface area contributed by atoms with Crippen LogP contribution in [0.3, 0.4) is 0 Å². The van der Waals surface area contributed by atoms with Crippen LogP contribution in [0.15, 0.2) is 35.5 Å². The first-order chi connectivity index (χ1) is 14.3. The van der Waals surface area contributed by atoms with Gasteiger partial charge in [-0.2, -0.15) is 0 Å². The summed E-state index contributed by atoms with van der Waals surface area (Å²) < 4.78 is 3.26. The molecule has 158 valence electrons. The molecule has 3 aromatic rings. The van der Waals surface area contributed by atoms with E-state index in [1.54, 1.807) is 18.5 Å². The van der Waals surface area contributed by atoms with E-state index in [-0.39, 0.29) is 17.9 Å². The van der Waals surface area contributed by atoms with Crippen LogP contribution in [0.2, 0.25) is 0 Å². The van der Waals surface area contributed by atoms with Gasteiger partial charge in [0.2, 0.25) is 5.91 Å². The van der Waals surface area contributed by atoms with Crippen molar-refractivity contribution in [2.75, 3.05) is 11.2 Å². The number of nitrogens with two attached hydrogens (primary N) is 1. The standard InChI is InChI=1S/C21H27N7O2/c1-13-5-7-28(25-12-19-23-6-8-27(19)4)21(30)16(13)10-20(29)24-11-17-14(2)9-18(22)26-15(17)3/h5-9,25H,10-12H2,1-4H3,(H2,22,26)(H,24,29). The molecule has 0 aliphatic carbocycles. The van der Waals surface area contributed by atoms with Gasteiger partial charge in [0.1, 0.15) is 11.6 Å². The molecule has 0 aliphatic rings. The average molecular weight is 409 g/mol. The quantitative estimate of drug-likeness (QED) is 0.537.